The predicted octanol–water partition coefficient (Wildman–Crippen LogP) is 11.2. The zero-order valence-corrected chi connectivity index (χ0v) is 23.6. The lowest BCUT2D eigenvalue weighted by Gasteiger charge is -2.19. The highest BCUT2D eigenvalue weighted by Gasteiger charge is 2.34. The Hall–Kier alpha value is -4.59. The maximum atomic E-state index is 15.2. The van der Waals surface area contributed by atoms with Crippen molar-refractivity contribution in [2.45, 2.75) is 38.7 Å². The number of hydrogen-bond acceptors (Lipinski definition) is 1. The molecule has 0 atom stereocenters. The second-order valence-electron chi connectivity index (χ2n) is 10.4. The molecular formula is C36H27F7O. The molecule has 0 saturated heterocycles. The van der Waals surface area contributed by atoms with E-state index in [2.05, 4.69) is 6.92 Å². The molecular weight excluding hydrogens is 581 g/mol. The maximum absolute atomic E-state index is 15.2. The largest absolute Gasteiger partial charge is 0.429 e. The average molecular weight is 609 g/mol. The summed E-state index contributed by atoms with van der Waals surface area (Å²) in [6.07, 6.45) is 0.127. The molecule has 0 fully saturated rings. The summed E-state index contributed by atoms with van der Waals surface area (Å²) < 4.78 is 108. The Balaban J connectivity index is 1.34. The molecule has 0 aromatic heterocycles. The lowest BCUT2D eigenvalue weighted by Crippen LogP contribution is -2.22. The standard InChI is InChI=1S/C36H27F7O/c1-2-3-4-5-22-6-11-26(12-7-22)36(42,43)44-28-15-17-29(32(39)21-28)24-10-16-30(31(38)18-24)25-19-33(40)35(34(41)20-25)23-8-13-27(37)14-9-23/h6-21H,2-5H2,1H3. The Kier molecular flexibility index (Phi) is 9.09. The first-order valence-corrected chi connectivity index (χ1v) is 14.1. The van der Waals surface area contributed by atoms with Gasteiger partial charge in [-0.2, -0.15) is 8.78 Å². The molecule has 226 valence electrons. The third-order valence-electron chi connectivity index (χ3n) is 7.31. The molecule has 0 bridgehead atoms. The van der Waals surface area contributed by atoms with Gasteiger partial charge in [-0.25, -0.2) is 22.0 Å². The van der Waals surface area contributed by atoms with E-state index in [1.165, 1.54) is 42.5 Å². The molecule has 1 nitrogen and oxygen atoms in total. The number of hydrogen-bond donors (Lipinski definition) is 0. The van der Waals surface area contributed by atoms with E-state index in [4.69, 9.17) is 4.74 Å². The van der Waals surface area contributed by atoms with Crippen molar-refractivity contribution in [2.75, 3.05) is 0 Å². The Morgan fingerprint density at radius 2 is 1.14 bits per heavy atom. The average Bonchev–Trinajstić information content (AvgIpc) is 2.98. The van der Waals surface area contributed by atoms with E-state index in [1.54, 1.807) is 12.1 Å². The van der Waals surface area contributed by atoms with Gasteiger partial charge in [-0.05, 0) is 89.7 Å². The minimum atomic E-state index is -3.72. The van der Waals surface area contributed by atoms with Gasteiger partial charge in [0.1, 0.15) is 34.8 Å². The molecule has 0 radical (unpaired) electrons. The van der Waals surface area contributed by atoms with E-state index < -0.39 is 40.9 Å². The van der Waals surface area contributed by atoms with Gasteiger partial charge in [-0.3, -0.25) is 0 Å². The molecule has 0 aliphatic heterocycles. The topological polar surface area (TPSA) is 9.23 Å². The normalized spacial score (nSPS) is 11.5. The van der Waals surface area contributed by atoms with Crippen molar-refractivity contribution in [3.63, 3.8) is 0 Å². The lowest BCUT2D eigenvalue weighted by atomic mass is 9.96. The van der Waals surface area contributed by atoms with Crippen LogP contribution in [-0.2, 0) is 12.5 Å². The van der Waals surface area contributed by atoms with Crippen molar-refractivity contribution in [3.8, 4) is 39.1 Å². The summed E-state index contributed by atoms with van der Waals surface area (Å²) in [5, 5.41) is 0. The van der Waals surface area contributed by atoms with Crippen LogP contribution < -0.4 is 4.74 Å². The zero-order chi connectivity index (χ0) is 31.4. The first kappa shape index (κ1) is 30.9. The van der Waals surface area contributed by atoms with Crippen LogP contribution in [0, 0.1) is 29.1 Å². The number of benzene rings is 5. The molecule has 0 heterocycles. The Morgan fingerprint density at radius 3 is 1.75 bits per heavy atom. The van der Waals surface area contributed by atoms with Crippen molar-refractivity contribution in [1.82, 2.24) is 0 Å². The van der Waals surface area contributed by atoms with Gasteiger partial charge in [0.05, 0.1) is 11.1 Å². The van der Waals surface area contributed by atoms with Crippen LogP contribution in [0.5, 0.6) is 5.75 Å². The SMILES string of the molecule is CCCCCc1ccc(C(F)(F)Oc2ccc(-c3ccc(-c4cc(F)c(-c5ccc(F)cc5)c(F)c4)c(F)c3)c(F)c2)cc1. The molecule has 0 N–H and O–H groups in total. The fraction of sp³-hybridized carbons (Fsp3) is 0.167. The summed E-state index contributed by atoms with van der Waals surface area (Å²) in [4.78, 5) is 0. The van der Waals surface area contributed by atoms with Gasteiger partial charge in [-0.1, -0.05) is 56.2 Å². The summed E-state index contributed by atoms with van der Waals surface area (Å²) in [5.41, 5.74) is 0.0156. The van der Waals surface area contributed by atoms with Crippen molar-refractivity contribution < 1.29 is 35.5 Å². The maximum Gasteiger partial charge on any atom is 0.426 e. The van der Waals surface area contributed by atoms with E-state index in [9.17, 15) is 22.0 Å². The van der Waals surface area contributed by atoms with Crippen LogP contribution in [0.4, 0.5) is 30.7 Å². The minimum Gasteiger partial charge on any atom is -0.429 e. The van der Waals surface area contributed by atoms with E-state index in [0.717, 1.165) is 73.7 Å². The van der Waals surface area contributed by atoms with Crippen LogP contribution in [0.3, 0.4) is 0 Å². The Labute approximate surface area is 250 Å². The molecule has 0 amide bonds. The monoisotopic (exact) mass is 608 g/mol. The predicted molar refractivity (Wildman–Crippen MR) is 157 cm³/mol. The fourth-order valence-electron chi connectivity index (χ4n) is 4.98. The second-order valence-corrected chi connectivity index (χ2v) is 10.4. The summed E-state index contributed by atoms with van der Waals surface area (Å²) in [7, 11) is 0. The highest BCUT2D eigenvalue weighted by Crippen LogP contribution is 2.36. The van der Waals surface area contributed by atoms with Gasteiger partial charge in [-0.15, -0.1) is 0 Å². The Bertz CT molecular complexity index is 1740. The van der Waals surface area contributed by atoms with Crippen LogP contribution >= 0.6 is 0 Å². The molecule has 5 aromatic rings. The smallest absolute Gasteiger partial charge is 0.426 e. The third kappa shape index (κ3) is 6.80. The highest BCUT2D eigenvalue weighted by molar-refractivity contribution is 5.75. The highest BCUT2D eigenvalue weighted by atomic mass is 19.3. The molecule has 0 aliphatic carbocycles. The van der Waals surface area contributed by atoms with E-state index in [0.29, 0.717) is 0 Å². The van der Waals surface area contributed by atoms with Gasteiger partial charge in [0.2, 0.25) is 0 Å². The molecule has 0 saturated carbocycles. The first-order valence-electron chi connectivity index (χ1n) is 14.1. The van der Waals surface area contributed by atoms with Crippen LogP contribution in [-0.4, -0.2) is 0 Å². The van der Waals surface area contributed by atoms with E-state index >= 15 is 8.78 Å². The van der Waals surface area contributed by atoms with Crippen molar-refractivity contribution in [1.29, 1.82) is 0 Å². The van der Waals surface area contributed by atoms with Gasteiger partial charge in [0.25, 0.3) is 0 Å². The van der Waals surface area contributed by atoms with Crippen molar-refractivity contribution >= 4 is 0 Å². The first-order chi connectivity index (χ1) is 21.1. The van der Waals surface area contributed by atoms with E-state index in [1.807, 2.05) is 0 Å². The summed E-state index contributed by atoms with van der Waals surface area (Å²) in [5.74, 6) is -4.76. The third-order valence-corrected chi connectivity index (χ3v) is 7.31. The minimum absolute atomic E-state index is 0.0737. The molecule has 0 aliphatic rings. The van der Waals surface area contributed by atoms with Gasteiger partial charge in [0.15, 0.2) is 0 Å². The molecule has 5 rings (SSSR count). The fourth-order valence-corrected chi connectivity index (χ4v) is 4.98. The zero-order valence-electron chi connectivity index (χ0n) is 23.6. The summed E-state index contributed by atoms with van der Waals surface area (Å²) >= 11 is 0. The lowest BCUT2D eigenvalue weighted by molar-refractivity contribution is -0.185. The van der Waals surface area contributed by atoms with E-state index in [-0.39, 0.29) is 38.9 Å². The van der Waals surface area contributed by atoms with Gasteiger partial charge >= 0.3 is 6.11 Å². The van der Waals surface area contributed by atoms with Gasteiger partial charge < -0.3 is 4.74 Å². The van der Waals surface area contributed by atoms with Crippen LogP contribution in [0.25, 0.3) is 33.4 Å². The second kappa shape index (κ2) is 13.0. The van der Waals surface area contributed by atoms with Crippen LogP contribution in [0.2, 0.25) is 0 Å². The quantitative estimate of drug-likeness (QED) is 0.113. The molecule has 5 aromatic carbocycles. The number of rotatable bonds is 10. The summed E-state index contributed by atoms with van der Waals surface area (Å²) in [6.45, 7) is 2.08. The molecule has 0 unspecified atom stereocenters. The molecule has 0 spiro atoms. The van der Waals surface area contributed by atoms with Crippen LogP contribution in [0.1, 0.15) is 37.3 Å². The van der Waals surface area contributed by atoms with Crippen molar-refractivity contribution in [3.05, 3.63) is 137 Å². The molecule has 44 heavy (non-hydrogen) atoms. The van der Waals surface area contributed by atoms with Crippen LogP contribution in [0.15, 0.2) is 97.1 Å². The summed E-state index contributed by atoms with van der Waals surface area (Å²) in [6, 6.07) is 19.0. The molecule has 8 heteroatoms. The number of aryl methyl sites for hydroxylation is 1. The Morgan fingerprint density at radius 1 is 0.568 bits per heavy atom. The van der Waals surface area contributed by atoms with Gasteiger partial charge in [0, 0.05) is 17.2 Å². The number of halogens is 7. The van der Waals surface area contributed by atoms with Crippen molar-refractivity contribution in [2.24, 2.45) is 0 Å². The number of alkyl halides is 2. The number of unbranched alkanes of at least 4 members (excludes halogenated alkanes) is 2. The number of ether oxygens (including phenoxy) is 1.